The fourth-order valence-electron chi connectivity index (χ4n) is 5.72. The van der Waals surface area contributed by atoms with E-state index in [4.69, 9.17) is 0 Å². The molecule has 0 aliphatic heterocycles. The predicted molar refractivity (Wildman–Crippen MR) is 142 cm³/mol. The van der Waals surface area contributed by atoms with Gasteiger partial charge in [-0.15, -0.1) is 4.91 Å². The van der Waals surface area contributed by atoms with Crippen LogP contribution in [-0.2, 0) is 0 Å². The smallest absolute Gasteiger partial charge is 0.159 e. The molecule has 0 heterocycles. The summed E-state index contributed by atoms with van der Waals surface area (Å²) in [5.41, 5.74) is 7.64. The second-order valence-corrected chi connectivity index (χ2v) is 9.00. The fourth-order valence-corrected chi connectivity index (χ4v) is 5.72. The van der Waals surface area contributed by atoms with Crippen LogP contribution in [0.5, 0.6) is 0 Å². The van der Waals surface area contributed by atoms with E-state index in [1.807, 2.05) is 84.9 Å². The highest BCUT2D eigenvalue weighted by Crippen LogP contribution is 2.58. The van der Waals surface area contributed by atoms with Gasteiger partial charge in [0.05, 0.1) is 0 Å². The molecule has 0 saturated heterocycles. The van der Waals surface area contributed by atoms with Crippen LogP contribution < -0.4 is 0 Å². The molecule has 4 heteroatoms. The molecule has 0 amide bonds. The van der Waals surface area contributed by atoms with Crippen LogP contribution in [0.15, 0.2) is 108 Å². The van der Waals surface area contributed by atoms with Crippen molar-refractivity contribution in [3.8, 4) is 44.5 Å². The van der Waals surface area contributed by atoms with E-state index in [0.29, 0.717) is 16.5 Å². The molecule has 0 aromatic heterocycles. The summed E-state index contributed by atoms with van der Waals surface area (Å²) < 4.78 is 29.6. The zero-order valence-electron chi connectivity index (χ0n) is 18.9. The Morgan fingerprint density at radius 1 is 0.500 bits per heavy atom. The van der Waals surface area contributed by atoms with Crippen molar-refractivity contribution in [2.45, 2.75) is 0 Å². The Hall–Kier alpha value is -4.70. The minimum Gasteiger partial charge on any atom is -0.204 e. The van der Waals surface area contributed by atoms with Gasteiger partial charge < -0.3 is 0 Å². The molecular formula is C32H17F2NO. The van der Waals surface area contributed by atoms with Crippen LogP contribution in [-0.4, -0.2) is 0 Å². The first-order valence-electron chi connectivity index (χ1n) is 11.7. The van der Waals surface area contributed by atoms with Crippen molar-refractivity contribution in [2.75, 3.05) is 0 Å². The number of nitroso groups, excluding NO2 is 1. The molecule has 170 valence electrons. The Morgan fingerprint density at radius 3 is 1.56 bits per heavy atom. The number of nitrogens with zero attached hydrogens (tertiary/aromatic N) is 1. The minimum atomic E-state index is -0.889. The Balaban J connectivity index is 1.79. The first kappa shape index (κ1) is 20.7. The van der Waals surface area contributed by atoms with Crippen molar-refractivity contribution in [3.63, 3.8) is 0 Å². The van der Waals surface area contributed by atoms with Gasteiger partial charge in [-0.1, -0.05) is 84.9 Å². The van der Waals surface area contributed by atoms with Crippen molar-refractivity contribution < 1.29 is 8.78 Å². The molecule has 7 rings (SSSR count). The molecule has 0 N–H and O–H groups in total. The van der Waals surface area contributed by atoms with Gasteiger partial charge in [0, 0.05) is 5.39 Å². The molecule has 0 fully saturated rings. The first-order chi connectivity index (χ1) is 17.7. The van der Waals surface area contributed by atoms with E-state index in [-0.39, 0.29) is 0 Å². The molecular weight excluding hydrogens is 452 g/mol. The largest absolute Gasteiger partial charge is 0.204 e. The quantitative estimate of drug-likeness (QED) is 0.237. The Labute approximate surface area is 205 Å². The maximum Gasteiger partial charge on any atom is 0.159 e. The fraction of sp³-hybridized carbons (Fsp3) is 0. The van der Waals surface area contributed by atoms with Crippen LogP contribution >= 0.6 is 0 Å². The van der Waals surface area contributed by atoms with Crippen LogP contribution in [0.1, 0.15) is 0 Å². The zero-order valence-corrected chi connectivity index (χ0v) is 18.9. The summed E-state index contributed by atoms with van der Waals surface area (Å²) in [5.74, 6) is -1.78. The molecule has 0 saturated carbocycles. The zero-order chi connectivity index (χ0) is 24.4. The van der Waals surface area contributed by atoms with Gasteiger partial charge in [0.2, 0.25) is 0 Å². The van der Waals surface area contributed by atoms with Crippen molar-refractivity contribution in [1.29, 1.82) is 0 Å². The second-order valence-electron chi connectivity index (χ2n) is 9.00. The third-order valence-electron chi connectivity index (χ3n) is 7.13. The van der Waals surface area contributed by atoms with Crippen molar-refractivity contribution >= 4 is 27.2 Å². The number of halogens is 2. The molecule has 6 aromatic carbocycles. The number of hydrogen-bond donors (Lipinski definition) is 0. The maximum absolute atomic E-state index is 14.8. The van der Waals surface area contributed by atoms with Crippen LogP contribution in [0.2, 0.25) is 0 Å². The Bertz CT molecular complexity index is 1760. The van der Waals surface area contributed by atoms with Crippen LogP contribution in [0, 0.1) is 16.5 Å². The molecule has 1 aliphatic carbocycles. The van der Waals surface area contributed by atoms with E-state index in [9.17, 15) is 13.7 Å². The molecule has 0 unspecified atom stereocenters. The summed E-state index contributed by atoms with van der Waals surface area (Å²) in [6.45, 7) is 0. The lowest BCUT2D eigenvalue weighted by atomic mass is 9.82. The topological polar surface area (TPSA) is 29.4 Å². The van der Waals surface area contributed by atoms with Gasteiger partial charge in [-0.25, -0.2) is 8.78 Å². The Morgan fingerprint density at radius 2 is 1.03 bits per heavy atom. The average Bonchev–Trinajstić information content (AvgIpc) is 3.25. The van der Waals surface area contributed by atoms with E-state index in [0.717, 1.165) is 55.3 Å². The monoisotopic (exact) mass is 469 g/mol. The number of fused-ring (bicyclic) bond motifs is 4. The van der Waals surface area contributed by atoms with Crippen LogP contribution in [0.25, 0.3) is 66.1 Å². The third-order valence-corrected chi connectivity index (χ3v) is 7.13. The van der Waals surface area contributed by atoms with Gasteiger partial charge in [0.15, 0.2) is 11.6 Å². The third kappa shape index (κ3) is 2.75. The number of rotatable bonds is 3. The van der Waals surface area contributed by atoms with Crippen molar-refractivity contribution in [1.82, 2.24) is 0 Å². The highest BCUT2D eigenvalue weighted by atomic mass is 19.2. The Kier molecular flexibility index (Phi) is 4.39. The lowest BCUT2D eigenvalue weighted by Crippen LogP contribution is -1.96. The average molecular weight is 469 g/mol. The predicted octanol–water partition coefficient (Wildman–Crippen LogP) is 9.65. The van der Waals surface area contributed by atoms with Crippen LogP contribution in [0.3, 0.4) is 0 Å². The van der Waals surface area contributed by atoms with E-state index < -0.39 is 11.6 Å². The SMILES string of the molecule is O=Nc1ccc2c3c(cccc13)-c1c-2c(-c2ccccc2)c2cc(F)c(F)cc2c1-c1ccccc1. The summed E-state index contributed by atoms with van der Waals surface area (Å²) in [5, 5.41) is 6.22. The molecule has 6 aromatic rings. The first-order valence-corrected chi connectivity index (χ1v) is 11.7. The van der Waals surface area contributed by atoms with Gasteiger partial charge >= 0.3 is 0 Å². The van der Waals surface area contributed by atoms with Crippen LogP contribution in [0.4, 0.5) is 14.5 Å². The van der Waals surface area contributed by atoms with Gasteiger partial charge in [-0.2, -0.15) is 0 Å². The summed E-state index contributed by atoms with van der Waals surface area (Å²) in [6.07, 6.45) is 0. The highest BCUT2D eigenvalue weighted by Gasteiger charge is 2.31. The van der Waals surface area contributed by atoms with Gasteiger partial charge in [0.1, 0.15) is 5.69 Å². The molecule has 36 heavy (non-hydrogen) atoms. The van der Waals surface area contributed by atoms with Gasteiger partial charge in [-0.3, -0.25) is 0 Å². The lowest BCUT2D eigenvalue weighted by Gasteiger charge is -2.20. The maximum atomic E-state index is 14.8. The van der Waals surface area contributed by atoms with Crippen molar-refractivity contribution in [3.05, 3.63) is 120 Å². The van der Waals surface area contributed by atoms with E-state index >= 15 is 0 Å². The highest BCUT2D eigenvalue weighted by molar-refractivity contribution is 6.28. The summed E-state index contributed by atoms with van der Waals surface area (Å²) >= 11 is 0. The van der Waals surface area contributed by atoms with E-state index in [2.05, 4.69) is 5.18 Å². The summed E-state index contributed by atoms with van der Waals surface area (Å²) in [6, 6.07) is 31.7. The summed E-state index contributed by atoms with van der Waals surface area (Å²) in [4.78, 5) is 11.6. The molecule has 2 nitrogen and oxygen atoms in total. The normalized spacial score (nSPS) is 11.7. The number of benzene rings is 6. The standard InChI is InChI=1S/C32H17F2NO/c33-25-16-23-24(17-26(25)34)29(19-10-5-2-6-11-19)32-22-14-15-27(35-36)20-12-7-13-21(30(20)22)31(32)28(23)18-8-3-1-4-9-18/h1-17H. The van der Waals surface area contributed by atoms with Crippen molar-refractivity contribution in [2.24, 2.45) is 5.18 Å². The second kappa shape index (κ2) is 7.65. The van der Waals surface area contributed by atoms with Gasteiger partial charge in [0.25, 0.3) is 0 Å². The molecule has 0 atom stereocenters. The molecule has 1 aliphatic rings. The van der Waals surface area contributed by atoms with Gasteiger partial charge in [-0.05, 0) is 84.0 Å². The van der Waals surface area contributed by atoms with E-state index in [1.54, 1.807) is 6.07 Å². The summed E-state index contributed by atoms with van der Waals surface area (Å²) in [7, 11) is 0. The molecule has 0 radical (unpaired) electrons. The minimum absolute atomic E-state index is 0.368. The molecule has 0 spiro atoms. The lowest BCUT2D eigenvalue weighted by molar-refractivity contribution is 0.511. The number of hydrogen-bond acceptors (Lipinski definition) is 2. The van der Waals surface area contributed by atoms with E-state index in [1.165, 1.54) is 12.1 Å². The molecule has 0 bridgehead atoms.